The fraction of sp³-hybridized carbons (Fsp3) is 0.350. The molecule has 0 saturated carbocycles. The Morgan fingerprint density at radius 2 is 2.00 bits per heavy atom. The van der Waals surface area contributed by atoms with E-state index in [9.17, 15) is 18.0 Å². The molecule has 33 heavy (non-hydrogen) atoms. The molecular formula is C20H20F3N9O. The van der Waals surface area contributed by atoms with E-state index >= 15 is 0 Å². The maximum atomic E-state index is 13.8. The van der Waals surface area contributed by atoms with Crippen molar-refractivity contribution in [3.05, 3.63) is 35.7 Å². The molecule has 1 atom stereocenters. The Hall–Kier alpha value is -3.74. The van der Waals surface area contributed by atoms with Crippen molar-refractivity contribution in [1.29, 1.82) is 0 Å². The van der Waals surface area contributed by atoms with Gasteiger partial charge in [0.1, 0.15) is 6.04 Å². The van der Waals surface area contributed by atoms with Crippen LogP contribution in [0, 0.1) is 6.92 Å². The summed E-state index contributed by atoms with van der Waals surface area (Å²) in [5.74, 6) is -0.0141. The van der Waals surface area contributed by atoms with Gasteiger partial charge in [-0.2, -0.15) is 22.8 Å². The molecule has 1 aliphatic heterocycles. The van der Waals surface area contributed by atoms with E-state index in [0.717, 1.165) is 6.07 Å². The molecule has 0 bridgehead atoms. The summed E-state index contributed by atoms with van der Waals surface area (Å²) in [5.41, 5.74) is 0.332. The number of anilines is 1. The minimum Gasteiger partial charge on any atom is -0.353 e. The second kappa shape index (κ2) is 7.69. The lowest BCUT2D eigenvalue weighted by Crippen LogP contribution is -2.42. The fourth-order valence-corrected chi connectivity index (χ4v) is 3.90. The molecule has 5 rings (SSSR count). The molecular weight excluding hydrogens is 439 g/mol. The minimum atomic E-state index is -4.62. The monoisotopic (exact) mass is 459 g/mol. The predicted octanol–water partition coefficient (Wildman–Crippen LogP) is 1.51. The Morgan fingerprint density at radius 3 is 2.73 bits per heavy atom. The highest BCUT2D eigenvalue weighted by Gasteiger charge is 2.34. The van der Waals surface area contributed by atoms with Crippen molar-refractivity contribution >= 4 is 28.4 Å². The fourth-order valence-electron chi connectivity index (χ4n) is 3.90. The van der Waals surface area contributed by atoms with E-state index in [2.05, 4.69) is 36.1 Å². The summed E-state index contributed by atoms with van der Waals surface area (Å²) in [6.07, 6.45) is -2.89. The van der Waals surface area contributed by atoms with Gasteiger partial charge in [0.15, 0.2) is 11.5 Å². The Kier molecular flexibility index (Phi) is 4.92. The summed E-state index contributed by atoms with van der Waals surface area (Å²) >= 11 is 0. The lowest BCUT2D eigenvalue weighted by molar-refractivity contribution is -0.136. The molecule has 4 heterocycles. The van der Waals surface area contributed by atoms with E-state index in [-0.39, 0.29) is 35.0 Å². The third-order valence-electron chi connectivity index (χ3n) is 5.43. The first-order valence-corrected chi connectivity index (χ1v) is 10.2. The van der Waals surface area contributed by atoms with Crippen LogP contribution >= 0.6 is 0 Å². The molecule has 0 unspecified atom stereocenters. The number of alkyl halides is 3. The third-order valence-corrected chi connectivity index (χ3v) is 5.43. The molecule has 4 aromatic rings. The van der Waals surface area contributed by atoms with Gasteiger partial charge >= 0.3 is 6.18 Å². The van der Waals surface area contributed by atoms with Crippen molar-refractivity contribution < 1.29 is 18.0 Å². The summed E-state index contributed by atoms with van der Waals surface area (Å²) in [6, 6.07) is 3.04. The van der Waals surface area contributed by atoms with E-state index in [1.807, 2.05) is 0 Å². The number of carbonyl (C=O) groups is 1. The largest absolute Gasteiger partial charge is 0.418 e. The molecule has 172 valence electrons. The number of amides is 1. The number of rotatable bonds is 3. The summed E-state index contributed by atoms with van der Waals surface area (Å²) in [6.45, 7) is 3.09. The number of fused-ring (bicyclic) bond motifs is 3. The number of para-hydroxylation sites is 1. The number of aryl methyl sites for hydroxylation is 2. The van der Waals surface area contributed by atoms with Crippen LogP contribution in [0.1, 0.15) is 11.3 Å². The van der Waals surface area contributed by atoms with Gasteiger partial charge in [0.25, 0.3) is 0 Å². The lowest BCUT2D eigenvalue weighted by atomic mass is 10.1. The van der Waals surface area contributed by atoms with E-state index in [4.69, 9.17) is 0 Å². The summed E-state index contributed by atoms with van der Waals surface area (Å²) in [4.78, 5) is 21.2. The van der Waals surface area contributed by atoms with Crippen molar-refractivity contribution in [2.24, 2.45) is 7.05 Å². The number of hydrogen-bond donors (Lipinski definition) is 3. The first kappa shape index (κ1) is 21.1. The Bertz CT molecular complexity index is 1370. The Morgan fingerprint density at radius 1 is 1.18 bits per heavy atom. The number of halogens is 3. The zero-order chi connectivity index (χ0) is 23.3. The second-order valence-electron chi connectivity index (χ2n) is 7.80. The maximum absolute atomic E-state index is 13.8. The van der Waals surface area contributed by atoms with Crippen LogP contribution in [0.4, 0.5) is 19.1 Å². The van der Waals surface area contributed by atoms with Gasteiger partial charge in [0.05, 0.1) is 22.3 Å². The van der Waals surface area contributed by atoms with Crippen LogP contribution in [0.2, 0.25) is 0 Å². The number of nitrogens with zero attached hydrogens (tertiary/aromatic N) is 6. The SMILES string of the molecule is Cc1nn(C)cc1-c1nc2c3cccc(C(F)(F)F)c3nc(N[C@H]3CNCCNC3=O)n2n1. The summed E-state index contributed by atoms with van der Waals surface area (Å²) in [7, 11) is 1.75. The highest BCUT2D eigenvalue weighted by atomic mass is 19.4. The minimum absolute atomic E-state index is 0.0154. The molecule has 0 aliphatic carbocycles. The topological polar surface area (TPSA) is 114 Å². The molecule has 1 amide bonds. The lowest BCUT2D eigenvalue weighted by Gasteiger charge is -2.17. The predicted molar refractivity (Wildman–Crippen MR) is 114 cm³/mol. The van der Waals surface area contributed by atoms with Gasteiger partial charge in [-0.1, -0.05) is 6.07 Å². The van der Waals surface area contributed by atoms with Gasteiger partial charge in [0, 0.05) is 38.3 Å². The van der Waals surface area contributed by atoms with E-state index in [1.165, 1.54) is 16.6 Å². The van der Waals surface area contributed by atoms with Crippen molar-refractivity contribution in [3.8, 4) is 11.4 Å². The van der Waals surface area contributed by atoms with Crippen LogP contribution in [0.25, 0.3) is 27.9 Å². The molecule has 13 heteroatoms. The molecule has 1 aliphatic rings. The third kappa shape index (κ3) is 3.73. The smallest absolute Gasteiger partial charge is 0.353 e. The van der Waals surface area contributed by atoms with Crippen LogP contribution in [0.3, 0.4) is 0 Å². The molecule has 10 nitrogen and oxygen atoms in total. The molecule has 0 radical (unpaired) electrons. The van der Waals surface area contributed by atoms with Crippen LogP contribution in [0.5, 0.6) is 0 Å². The van der Waals surface area contributed by atoms with Crippen LogP contribution < -0.4 is 16.0 Å². The van der Waals surface area contributed by atoms with Gasteiger partial charge in [-0.3, -0.25) is 9.48 Å². The standard InChI is InChI=1S/C20H20F3N9O/c1-10-12(9-31(2)29-10)16-28-17-11-4-3-5-13(20(21,22)23)15(11)27-19(32(17)30-16)26-14-8-24-6-7-25-18(14)33/h3-5,9,14,24H,6-8H2,1-2H3,(H,25,33)(H,26,27)/t14-/m0/s1. The quantitative estimate of drug-likeness (QED) is 0.426. The first-order chi connectivity index (χ1) is 15.7. The molecule has 0 spiro atoms. The number of carbonyl (C=O) groups excluding carboxylic acids is 1. The van der Waals surface area contributed by atoms with Crippen LogP contribution in [-0.2, 0) is 18.0 Å². The average Bonchev–Trinajstić information content (AvgIpc) is 3.28. The van der Waals surface area contributed by atoms with E-state index < -0.39 is 17.8 Å². The van der Waals surface area contributed by atoms with Crippen molar-refractivity contribution in [2.75, 3.05) is 25.0 Å². The van der Waals surface area contributed by atoms with Gasteiger partial charge in [-0.05, 0) is 19.1 Å². The number of aromatic nitrogens is 6. The van der Waals surface area contributed by atoms with Crippen molar-refractivity contribution in [1.82, 2.24) is 40.0 Å². The number of hydrogen-bond acceptors (Lipinski definition) is 7. The molecule has 1 aromatic carbocycles. The zero-order valence-corrected chi connectivity index (χ0v) is 17.7. The zero-order valence-electron chi connectivity index (χ0n) is 17.7. The van der Waals surface area contributed by atoms with Gasteiger partial charge in [0.2, 0.25) is 11.9 Å². The van der Waals surface area contributed by atoms with E-state index in [0.29, 0.717) is 30.2 Å². The summed E-state index contributed by atoms with van der Waals surface area (Å²) < 4.78 is 44.2. The maximum Gasteiger partial charge on any atom is 0.418 e. The molecule has 1 saturated heterocycles. The highest BCUT2D eigenvalue weighted by Crippen LogP contribution is 2.36. The van der Waals surface area contributed by atoms with Crippen LogP contribution in [0.15, 0.2) is 24.4 Å². The normalized spacial score (nSPS) is 17.4. The van der Waals surface area contributed by atoms with Crippen molar-refractivity contribution in [2.45, 2.75) is 19.1 Å². The average molecular weight is 459 g/mol. The van der Waals surface area contributed by atoms with Crippen molar-refractivity contribution in [3.63, 3.8) is 0 Å². The second-order valence-corrected chi connectivity index (χ2v) is 7.80. The van der Waals surface area contributed by atoms with Gasteiger partial charge in [-0.25, -0.2) is 9.97 Å². The first-order valence-electron chi connectivity index (χ1n) is 10.2. The Balaban J connectivity index is 1.75. The summed E-state index contributed by atoms with van der Waals surface area (Å²) in [5, 5.41) is 17.8. The Labute approximate surface area is 185 Å². The van der Waals surface area contributed by atoms with E-state index in [1.54, 1.807) is 24.9 Å². The van der Waals surface area contributed by atoms with Gasteiger partial charge < -0.3 is 16.0 Å². The number of nitrogens with one attached hydrogen (secondary N) is 3. The molecule has 3 N–H and O–H groups in total. The van der Waals surface area contributed by atoms with Crippen LogP contribution in [-0.4, -0.2) is 60.9 Å². The number of benzene rings is 1. The molecule has 1 fully saturated rings. The van der Waals surface area contributed by atoms with Gasteiger partial charge in [-0.15, -0.1) is 5.10 Å². The molecule has 3 aromatic heterocycles. The highest BCUT2D eigenvalue weighted by molar-refractivity contribution is 5.95.